The highest BCUT2D eigenvalue weighted by molar-refractivity contribution is 5.80. The monoisotopic (exact) mass is 357 g/mol. The van der Waals surface area contributed by atoms with Crippen molar-refractivity contribution in [1.82, 2.24) is 15.1 Å². The van der Waals surface area contributed by atoms with Crippen LogP contribution < -0.4 is 5.32 Å². The summed E-state index contributed by atoms with van der Waals surface area (Å²) in [5.74, 6) is 0.595. The van der Waals surface area contributed by atoms with Gasteiger partial charge in [-0.25, -0.2) is 0 Å². The molecule has 0 bridgehead atoms. The predicted octanol–water partition coefficient (Wildman–Crippen LogP) is 2.07. The zero-order chi connectivity index (χ0) is 18.4. The highest BCUT2D eigenvalue weighted by Crippen LogP contribution is 2.22. The van der Waals surface area contributed by atoms with Crippen molar-refractivity contribution in [1.29, 1.82) is 0 Å². The minimum atomic E-state index is 0.0868. The largest absolute Gasteiger partial charge is 0.343 e. The first-order valence-electron chi connectivity index (χ1n) is 9.95. The molecule has 2 fully saturated rings. The molecule has 2 heterocycles. The lowest BCUT2D eigenvalue weighted by Gasteiger charge is -2.37. The van der Waals surface area contributed by atoms with E-state index in [4.69, 9.17) is 0 Å². The molecule has 2 amide bonds. The minimum absolute atomic E-state index is 0.0868. The highest BCUT2D eigenvalue weighted by Gasteiger charge is 2.32. The van der Waals surface area contributed by atoms with Gasteiger partial charge >= 0.3 is 0 Å². The number of hydrogen-bond acceptors (Lipinski definition) is 3. The Morgan fingerprint density at radius 1 is 1.04 bits per heavy atom. The van der Waals surface area contributed by atoms with Gasteiger partial charge < -0.3 is 15.1 Å². The molecule has 0 aromatic heterocycles. The van der Waals surface area contributed by atoms with Gasteiger partial charge in [-0.3, -0.25) is 9.59 Å². The Balaban J connectivity index is 1.43. The van der Waals surface area contributed by atoms with Crippen LogP contribution in [0.2, 0.25) is 0 Å². The van der Waals surface area contributed by atoms with Gasteiger partial charge in [0.2, 0.25) is 11.8 Å². The maximum absolute atomic E-state index is 12.8. The summed E-state index contributed by atoms with van der Waals surface area (Å²) in [6.45, 7) is 3.14. The van der Waals surface area contributed by atoms with Crippen LogP contribution in [0.3, 0.4) is 0 Å². The van der Waals surface area contributed by atoms with Gasteiger partial charge in [-0.1, -0.05) is 30.3 Å². The molecule has 1 unspecified atom stereocenters. The molecule has 0 spiro atoms. The van der Waals surface area contributed by atoms with E-state index in [1.807, 2.05) is 35.0 Å². The number of hydrogen-bond donors (Lipinski definition) is 1. The third-order valence-electron chi connectivity index (χ3n) is 5.81. The second-order valence-electron chi connectivity index (χ2n) is 7.55. The molecule has 0 radical (unpaired) electrons. The first-order chi connectivity index (χ1) is 12.7. The SMILES string of the molecule is CNC1CCCN(C(=O)C2CCN(C(=O)CCc3ccccc3)CC2)C1. The number of rotatable bonds is 5. The maximum Gasteiger partial charge on any atom is 0.225 e. The summed E-state index contributed by atoms with van der Waals surface area (Å²) in [6, 6.07) is 10.6. The van der Waals surface area contributed by atoms with Crippen LogP contribution in [0.15, 0.2) is 30.3 Å². The van der Waals surface area contributed by atoms with Gasteiger partial charge in [-0.2, -0.15) is 0 Å². The fourth-order valence-electron chi connectivity index (χ4n) is 4.10. The fraction of sp³-hybridized carbons (Fsp3) is 0.619. The van der Waals surface area contributed by atoms with Crippen LogP contribution in [0.4, 0.5) is 0 Å². The molecule has 1 N–H and O–H groups in total. The summed E-state index contributed by atoms with van der Waals surface area (Å²) in [4.78, 5) is 29.2. The summed E-state index contributed by atoms with van der Waals surface area (Å²) in [5.41, 5.74) is 1.20. The molecule has 3 rings (SSSR count). The van der Waals surface area contributed by atoms with E-state index < -0.39 is 0 Å². The fourth-order valence-corrected chi connectivity index (χ4v) is 4.10. The lowest BCUT2D eigenvalue weighted by molar-refractivity contribution is -0.141. The number of piperidine rings is 2. The average Bonchev–Trinajstić information content (AvgIpc) is 2.72. The van der Waals surface area contributed by atoms with E-state index in [0.29, 0.717) is 31.5 Å². The Labute approximate surface area is 156 Å². The summed E-state index contributed by atoms with van der Waals surface area (Å²) in [7, 11) is 1.97. The van der Waals surface area contributed by atoms with Crippen molar-refractivity contribution in [3.05, 3.63) is 35.9 Å². The van der Waals surface area contributed by atoms with Gasteiger partial charge in [0, 0.05) is 44.6 Å². The lowest BCUT2D eigenvalue weighted by atomic mass is 9.93. The third-order valence-corrected chi connectivity index (χ3v) is 5.81. The molecular weight excluding hydrogens is 326 g/mol. The molecule has 1 aromatic carbocycles. The van der Waals surface area contributed by atoms with Crippen LogP contribution in [0, 0.1) is 5.92 Å². The number of nitrogens with one attached hydrogen (secondary N) is 1. The summed E-state index contributed by atoms with van der Waals surface area (Å²) in [6.07, 6.45) is 5.17. The van der Waals surface area contributed by atoms with Crippen LogP contribution in [0.25, 0.3) is 0 Å². The van der Waals surface area contributed by atoms with Gasteiger partial charge in [0.25, 0.3) is 0 Å². The molecule has 0 saturated carbocycles. The molecule has 5 nitrogen and oxygen atoms in total. The quantitative estimate of drug-likeness (QED) is 0.878. The van der Waals surface area contributed by atoms with Crippen molar-refractivity contribution in [2.45, 2.75) is 44.6 Å². The van der Waals surface area contributed by atoms with Crippen LogP contribution in [-0.4, -0.2) is 60.9 Å². The molecule has 2 aliphatic rings. The third kappa shape index (κ3) is 4.85. The Morgan fingerprint density at radius 2 is 1.77 bits per heavy atom. The van der Waals surface area contributed by atoms with Gasteiger partial charge in [-0.15, -0.1) is 0 Å². The van der Waals surface area contributed by atoms with E-state index in [1.54, 1.807) is 0 Å². The zero-order valence-corrected chi connectivity index (χ0v) is 15.8. The number of nitrogens with zero attached hydrogens (tertiary/aromatic N) is 2. The van der Waals surface area contributed by atoms with Crippen LogP contribution in [-0.2, 0) is 16.0 Å². The first kappa shape index (κ1) is 18.9. The van der Waals surface area contributed by atoms with Gasteiger partial charge in [0.1, 0.15) is 0 Å². The highest BCUT2D eigenvalue weighted by atomic mass is 16.2. The van der Waals surface area contributed by atoms with E-state index >= 15 is 0 Å². The maximum atomic E-state index is 12.8. The van der Waals surface area contributed by atoms with Gasteiger partial charge in [-0.05, 0) is 44.7 Å². The second kappa shape index (κ2) is 9.17. The van der Waals surface area contributed by atoms with Crippen molar-refractivity contribution < 1.29 is 9.59 Å². The Morgan fingerprint density at radius 3 is 2.46 bits per heavy atom. The number of likely N-dealkylation sites (tertiary alicyclic amines) is 2. The van der Waals surface area contributed by atoms with Crippen LogP contribution in [0.5, 0.6) is 0 Å². The van der Waals surface area contributed by atoms with Crippen LogP contribution >= 0.6 is 0 Å². The zero-order valence-electron chi connectivity index (χ0n) is 15.8. The Kier molecular flexibility index (Phi) is 6.67. The molecule has 0 aliphatic carbocycles. The standard InChI is InChI=1S/C21H31N3O2/c1-22-19-8-5-13-24(16-19)21(26)18-11-14-23(15-12-18)20(25)10-9-17-6-3-2-4-7-17/h2-4,6-7,18-19,22H,5,8-16H2,1H3. The normalized spacial score (nSPS) is 21.7. The first-order valence-corrected chi connectivity index (χ1v) is 9.95. The van der Waals surface area contributed by atoms with Gasteiger partial charge in [0.05, 0.1) is 0 Å². The van der Waals surface area contributed by atoms with Crippen molar-refractivity contribution >= 4 is 11.8 Å². The van der Waals surface area contributed by atoms with Crippen molar-refractivity contribution in [3.63, 3.8) is 0 Å². The number of carbonyl (C=O) groups is 2. The van der Waals surface area contributed by atoms with Gasteiger partial charge in [0.15, 0.2) is 0 Å². The molecule has 142 valence electrons. The number of likely N-dealkylation sites (N-methyl/N-ethyl adjacent to an activating group) is 1. The lowest BCUT2D eigenvalue weighted by Crippen LogP contribution is -2.50. The topological polar surface area (TPSA) is 52.7 Å². The molecule has 2 saturated heterocycles. The molecule has 26 heavy (non-hydrogen) atoms. The van der Waals surface area contributed by atoms with E-state index in [0.717, 1.165) is 45.2 Å². The molecule has 5 heteroatoms. The molecule has 1 aromatic rings. The average molecular weight is 357 g/mol. The van der Waals surface area contributed by atoms with E-state index in [9.17, 15) is 9.59 Å². The van der Waals surface area contributed by atoms with E-state index in [-0.39, 0.29) is 11.8 Å². The van der Waals surface area contributed by atoms with Crippen LogP contribution in [0.1, 0.15) is 37.7 Å². The van der Waals surface area contributed by atoms with E-state index in [1.165, 1.54) is 5.56 Å². The van der Waals surface area contributed by atoms with Crippen molar-refractivity contribution in [3.8, 4) is 0 Å². The molecule has 1 atom stereocenters. The summed E-state index contributed by atoms with van der Waals surface area (Å²) < 4.78 is 0. The number of amides is 2. The number of aryl methyl sites for hydroxylation is 1. The Hall–Kier alpha value is -1.88. The smallest absolute Gasteiger partial charge is 0.225 e. The van der Waals surface area contributed by atoms with E-state index in [2.05, 4.69) is 17.4 Å². The summed E-state index contributed by atoms with van der Waals surface area (Å²) in [5, 5.41) is 3.29. The van der Waals surface area contributed by atoms with Crippen molar-refractivity contribution in [2.24, 2.45) is 5.92 Å². The Bertz CT molecular complexity index is 597. The minimum Gasteiger partial charge on any atom is -0.343 e. The predicted molar refractivity (Wildman–Crippen MR) is 103 cm³/mol. The summed E-state index contributed by atoms with van der Waals surface area (Å²) >= 11 is 0. The number of carbonyl (C=O) groups excluding carboxylic acids is 2. The molecular formula is C21H31N3O2. The molecule has 2 aliphatic heterocycles. The second-order valence-corrected chi connectivity index (χ2v) is 7.55. The number of benzene rings is 1. The van der Waals surface area contributed by atoms with Crippen molar-refractivity contribution in [2.75, 3.05) is 33.2 Å².